The maximum Gasteiger partial charge on any atom is 0.358 e. The van der Waals surface area contributed by atoms with Crippen molar-refractivity contribution in [3.63, 3.8) is 0 Å². The van der Waals surface area contributed by atoms with Crippen molar-refractivity contribution in [1.82, 2.24) is 9.97 Å². The molecule has 0 saturated heterocycles. The molecule has 0 unspecified atom stereocenters. The highest BCUT2D eigenvalue weighted by atomic mass is 32.2. The van der Waals surface area contributed by atoms with Crippen LogP contribution in [0.5, 0.6) is 0 Å². The number of aromatic nitrogens is 2. The third-order valence-electron chi connectivity index (χ3n) is 2.33. The Hall–Kier alpha value is -1.88. The van der Waals surface area contributed by atoms with Gasteiger partial charge >= 0.3 is 5.97 Å². The summed E-state index contributed by atoms with van der Waals surface area (Å²) in [6.07, 6.45) is 3.00. The van der Waals surface area contributed by atoms with Gasteiger partial charge in [-0.1, -0.05) is 30.0 Å². The lowest BCUT2D eigenvalue weighted by atomic mass is 10.2. The average molecular weight is 260 g/mol. The molecule has 5 heteroatoms. The molecule has 0 aliphatic rings. The summed E-state index contributed by atoms with van der Waals surface area (Å²) in [6.45, 7) is 2.04. The summed E-state index contributed by atoms with van der Waals surface area (Å²) < 4.78 is 4.57. The molecule has 0 bridgehead atoms. The molecule has 0 amide bonds. The average Bonchev–Trinajstić information content (AvgIpc) is 2.41. The molecule has 1 aromatic carbocycles. The highest BCUT2D eigenvalue weighted by Crippen LogP contribution is 2.27. The summed E-state index contributed by atoms with van der Waals surface area (Å²) in [5.41, 5.74) is 1.40. The fraction of sp³-hybridized carbons (Fsp3) is 0.154. The van der Waals surface area contributed by atoms with Crippen LogP contribution in [0, 0.1) is 6.92 Å². The Labute approximate surface area is 109 Å². The zero-order chi connectivity index (χ0) is 13.0. The molecule has 0 saturated carbocycles. The molecule has 4 nitrogen and oxygen atoms in total. The van der Waals surface area contributed by atoms with E-state index >= 15 is 0 Å². The van der Waals surface area contributed by atoms with Gasteiger partial charge in [-0.2, -0.15) is 0 Å². The third-order valence-corrected chi connectivity index (χ3v) is 3.43. The number of hydrogen-bond donors (Lipinski definition) is 0. The SMILES string of the molecule is COC(=O)c1cnc(Sc2ccccc2C)cn1. The fourth-order valence-electron chi connectivity index (χ4n) is 1.36. The van der Waals surface area contributed by atoms with Crippen LogP contribution in [0.2, 0.25) is 0 Å². The molecule has 1 heterocycles. The van der Waals surface area contributed by atoms with Gasteiger partial charge < -0.3 is 4.74 Å². The van der Waals surface area contributed by atoms with E-state index in [0.29, 0.717) is 0 Å². The van der Waals surface area contributed by atoms with E-state index in [-0.39, 0.29) is 5.69 Å². The Bertz CT molecular complexity index is 555. The van der Waals surface area contributed by atoms with Gasteiger partial charge in [0.05, 0.1) is 19.5 Å². The van der Waals surface area contributed by atoms with E-state index in [1.54, 1.807) is 6.20 Å². The first-order valence-electron chi connectivity index (χ1n) is 5.34. The Morgan fingerprint density at radius 1 is 1.22 bits per heavy atom. The summed E-state index contributed by atoms with van der Waals surface area (Å²) in [7, 11) is 1.32. The van der Waals surface area contributed by atoms with Crippen molar-refractivity contribution in [1.29, 1.82) is 0 Å². The topological polar surface area (TPSA) is 52.1 Å². The first-order chi connectivity index (χ1) is 8.70. The van der Waals surface area contributed by atoms with E-state index in [9.17, 15) is 4.79 Å². The molecule has 2 rings (SSSR count). The van der Waals surface area contributed by atoms with Gasteiger partial charge in [0.1, 0.15) is 5.03 Å². The molecule has 0 fully saturated rings. The van der Waals surface area contributed by atoms with Gasteiger partial charge in [0.2, 0.25) is 0 Å². The quantitative estimate of drug-likeness (QED) is 0.794. The second kappa shape index (κ2) is 5.64. The summed E-state index contributed by atoms with van der Waals surface area (Å²) in [5.74, 6) is -0.477. The largest absolute Gasteiger partial charge is 0.464 e. The second-order valence-electron chi connectivity index (χ2n) is 3.60. The molecule has 18 heavy (non-hydrogen) atoms. The second-order valence-corrected chi connectivity index (χ2v) is 4.66. The molecule has 0 aliphatic heterocycles. The van der Waals surface area contributed by atoms with Crippen LogP contribution in [0.25, 0.3) is 0 Å². The number of rotatable bonds is 3. The lowest BCUT2D eigenvalue weighted by Crippen LogP contribution is -2.04. The maximum atomic E-state index is 11.2. The van der Waals surface area contributed by atoms with E-state index in [1.807, 2.05) is 31.2 Å². The Morgan fingerprint density at radius 3 is 2.61 bits per heavy atom. The van der Waals surface area contributed by atoms with Crippen molar-refractivity contribution in [2.45, 2.75) is 16.8 Å². The van der Waals surface area contributed by atoms with Gasteiger partial charge in [0.15, 0.2) is 5.69 Å². The van der Waals surface area contributed by atoms with Crippen LogP contribution < -0.4 is 0 Å². The Balaban J connectivity index is 2.16. The van der Waals surface area contributed by atoms with Crippen molar-refractivity contribution in [2.75, 3.05) is 7.11 Å². The lowest BCUT2D eigenvalue weighted by molar-refractivity contribution is 0.0593. The minimum atomic E-state index is -0.477. The molecule has 0 radical (unpaired) electrons. The van der Waals surface area contributed by atoms with Crippen molar-refractivity contribution in [2.24, 2.45) is 0 Å². The van der Waals surface area contributed by atoms with E-state index < -0.39 is 5.97 Å². The number of carbonyl (C=O) groups excluding carboxylic acids is 1. The molecular weight excluding hydrogens is 248 g/mol. The number of nitrogens with zero attached hydrogens (tertiary/aromatic N) is 2. The highest BCUT2D eigenvalue weighted by Gasteiger charge is 2.08. The molecule has 1 aromatic heterocycles. The van der Waals surface area contributed by atoms with E-state index in [0.717, 1.165) is 9.92 Å². The summed E-state index contributed by atoms with van der Waals surface area (Å²) in [4.78, 5) is 20.5. The standard InChI is InChI=1S/C13H12N2O2S/c1-9-5-3-4-6-11(9)18-12-8-14-10(7-15-12)13(16)17-2/h3-8H,1-2H3. The summed E-state index contributed by atoms with van der Waals surface area (Å²) in [5, 5.41) is 0.747. The van der Waals surface area contributed by atoms with E-state index in [4.69, 9.17) is 0 Å². The minimum Gasteiger partial charge on any atom is -0.464 e. The Kier molecular flexibility index (Phi) is 3.94. The Morgan fingerprint density at radius 2 is 2.00 bits per heavy atom. The van der Waals surface area contributed by atoms with Crippen molar-refractivity contribution < 1.29 is 9.53 Å². The van der Waals surface area contributed by atoms with Gasteiger partial charge in [-0.05, 0) is 18.6 Å². The first kappa shape index (κ1) is 12.6. The van der Waals surface area contributed by atoms with Gasteiger partial charge in [0.25, 0.3) is 0 Å². The van der Waals surface area contributed by atoms with Crippen LogP contribution in [-0.2, 0) is 4.74 Å². The van der Waals surface area contributed by atoms with Crippen LogP contribution in [-0.4, -0.2) is 23.0 Å². The van der Waals surface area contributed by atoms with Crippen molar-refractivity contribution >= 4 is 17.7 Å². The number of aryl methyl sites for hydroxylation is 1. The molecular formula is C13H12N2O2S. The molecule has 2 aromatic rings. The van der Waals surface area contributed by atoms with Gasteiger partial charge in [-0.25, -0.2) is 14.8 Å². The molecule has 0 atom stereocenters. The van der Waals surface area contributed by atoms with Crippen LogP contribution in [0.3, 0.4) is 0 Å². The lowest BCUT2D eigenvalue weighted by Gasteiger charge is -2.04. The molecule has 0 aliphatic carbocycles. The molecule has 0 spiro atoms. The molecule has 0 N–H and O–H groups in total. The number of methoxy groups -OCH3 is 1. The maximum absolute atomic E-state index is 11.2. The van der Waals surface area contributed by atoms with Crippen LogP contribution in [0.4, 0.5) is 0 Å². The highest BCUT2D eigenvalue weighted by molar-refractivity contribution is 7.99. The number of hydrogen-bond acceptors (Lipinski definition) is 5. The smallest absolute Gasteiger partial charge is 0.358 e. The van der Waals surface area contributed by atoms with Crippen LogP contribution in [0.1, 0.15) is 16.1 Å². The summed E-state index contributed by atoms with van der Waals surface area (Å²) in [6, 6.07) is 8.03. The van der Waals surface area contributed by atoms with Crippen LogP contribution in [0.15, 0.2) is 46.6 Å². The monoisotopic (exact) mass is 260 g/mol. The number of carbonyl (C=O) groups is 1. The predicted octanol–water partition coefficient (Wildman–Crippen LogP) is 2.72. The van der Waals surface area contributed by atoms with Gasteiger partial charge in [-0.15, -0.1) is 0 Å². The third kappa shape index (κ3) is 2.87. The van der Waals surface area contributed by atoms with E-state index in [2.05, 4.69) is 14.7 Å². The number of esters is 1. The number of ether oxygens (including phenoxy) is 1. The van der Waals surface area contributed by atoms with Crippen LogP contribution >= 0.6 is 11.8 Å². The number of benzene rings is 1. The minimum absolute atomic E-state index is 0.214. The first-order valence-corrected chi connectivity index (χ1v) is 6.16. The molecule has 92 valence electrons. The predicted molar refractivity (Wildman–Crippen MR) is 68.7 cm³/mol. The fourth-order valence-corrected chi connectivity index (χ4v) is 2.17. The van der Waals surface area contributed by atoms with Crippen molar-refractivity contribution in [3.05, 3.63) is 47.9 Å². The van der Waals surface area contributed by atoms with Gasteiger partial charge in [0, 0.05) is 4.90 Å². The summed E-state index contributed by atoms with van der Waals surface area (Å²) >= 11 is 1.52. The van der Waals surface area contributed by atoms with E-state index in [1.165, 1.54) is 30.6 Å². The van der Waals surface area contributed by atoms with Gasteiger partial charge in [-0.3, -0.25) is 0 Å². The normalized spacial score (nSPS) is 10.1. The van der Waals surface area contributed by atoms with Crippen molar-refractivity contribution in [3.8, 4) is 0 Å². The zero-order valence-electron chi connectivity index (χ0n) is 10.1. The zero-order valence-corrected chi connectivity index (χ0v) is 10.9.